The number of carbonyl (C=O) groups is 1. The maximum absolute atomic E-state index is 15.0. The lowest BCUT2D eigenvalue weighted by molar-refractivity contribution is -0.160. The zero-order valence-electron chi connectivity index (χ0n) is 17.0. The van der Waals surface area contributed by atoms with Crippen LogP contribution in [-0.4, -0.2) is 21.7 Å². The van der Waals surface area contributed by atoms with Crippen LogP contribution >= 0.6 is 11.6 Å². The van der Waals surface area contributed by atoms with Gasteiger partial charge in [-0.25, -0.2) is 9.18 Å². The standard InChI is InChI=1S/C23H23ClFNO3/c1-12-6-9-18-16(10-12)20(15-8-7-14(24)11-17(15)25)19(13(2)26-18)21(22(27)28)29-23(3,4)5/h6-11,21H,1-5H3,(H,27,28)/t21-/m0/s1. The minimum atomic E-state index is -1.31. The Kier molecular flexibility index (Phi) is 5.65. The average Bonchev–Trinajstić information content (AvgIpc) is 2.59. The van der Waals surface area contributed by atoms with E-state index in [9.17, 15) is 14.3 Å². The van der Waals surface area contributed by atoms with Crippen molar-refractivity contribution >= 4 is 28.5 Å². The quantitative estimate of drug-likeness (QED) is 0.547. The van der Waals surface area contributed by atoms with Crippen LogP contribution in [0.1, 0.15) is 43.7 Å². The van der Waals surface area contributed by atoms with Crippen LogP contribution in [0.15, 0.2) is 36.4 Å². The van der Waals surface area contributed by atoms with Crippen molar-refractivity contribution in [2.75, 3.05) is 0 Å². The Labute approximate surface area is 174 Å². The normalized spacial score (nSPS) is 12.9. The summed E-state index contributed by atoms with van der Waals surface area (Å²) in [6.07, 6.45) is -1.31. The topological polar surface area (TPSA) is 59.4 Å². The van der Waals surface area contributed by atoms with E-state index in [1.54, 1.807) is 39.8 Å². The number of hydrogen-bond acceptors (Lipinski definition) is 3. The Balaban J connectivity index is 2.45. The summed E-state index contributed by atoms with van der Waals surface area (Å²) < 4.78 is 20.9. The molecule has 0 saturated carbocycles. The predicted molar refractivity (Wildman–Crippen MR) is 113 cm³/mol. The van der Waals surface area contributed by atoms with E-state index in [-0.39, 0.29) is 10.6 Å². The largest absolute Gasteiger partial charge is 0.479 e. The molecule has 0 aliphatic rings. The van der Waals surface area contributed by atoms with Crippen molar-refractivity contribution in [1.29, 1.82) is 0 Å². The molecule has 0 radical (unpaired) electrons. The molecular formula is C23H23ClFNO3. The number of nitrogens with zero attached hydrogens (tertiary/aromatic N) is 1. The molecular weight excluding hydrogens is 393 g/mol. The van der Waals surface area contributed by atoms with Gasteiger partial charge in [0.25, 0.3) is 0 Å². The molecule has 1 aromatic heterocycles. The fourth-order valence-corrected chi connectivity index (χ4v) is 3.56. The molecule has 29 heavy (non-hydrogen) atoms. The van der Waals surface area contributed by atoms with Gasteiger partial charge in [0.1, 0.15) is 5.82 Å². The Morgan fingerprint density at radius 3 is 2.45 bits per heavy atom. The number of halogens is 2. The van der Waals surface area contributed by atoms with Crippen LogP contribution in [0.5, 0.6) is 0 Å². The van der Waals surface area contributed by atoms with Gasteiger partial charge in [0.2, 0.25) is 0 Å². The predicted octanol–water partition coefficient (Wildman–Crippen LogP) is 6.25. The summed E-state index contributed by atoms with van der Waals surface area (Å²) in [5.74, 6) is -1.69. The second kappa shape index (κ2) is 7.73. The Morgan fingerprint density at radius 2 is 1.86 bits per heavy atom. The number of benzene rings is 2. The third-order valence-corrected chi connectivity index (χ3v) is 4.76. The first-order chi connectivity index (χ1) is 13.5. The molecule has 3 aromatic rings. The Morgan fingerprint density at radius 1 is 1.17 bits per heavy atom. The summed E-state index contributed by atoms with van der Waals surface area (Å²) in [4.78, 5) is 16.8. The molecule has 1 heterocycles. The highest BCUT2D eigenvalue weighted by atomic mass is 35.5. The highest BCUT2D eigenvalue weighted by molar-refractivity contribution is 6.30. The van der Waals surface area contributed by atoms with Gasteiger partial charge >= 0.3 is 5.97 Å². The monoisotopic (exact) mass is 415 g/mol. The summed E-state index contributed by atoms with van der Waals surface area (Å²) in [5, 5.41) is 10.9. The molecule has 0 aliphatic heterocycles. The van der Waals surface area contributed by atoms with E-state index >= 15 is 0 Å². The summed E-state index contributed by atoms with van der Waals surface area (Å²) in [7, 11) is 0. The van der Waals surface area contributed by atoms with E-state index in [2.05, 4.69) is 4.98 Å². The fraction of sp³-hybridized carbons (Fsp3) is 0.304. The number of aliphatic carboxylic acids is 1. The van der Waals surface area contributed by atoms with Crippen molar-refractivity contribution < 1.29 is 19.0 Å². The number of rotatable bonds is 4. The fourth-order valence-electron chi connectivity index (χ4n) is 3.40. The molecule has 0 spiro atoms. The lowest BCUT2D eigenvalue weighted by Crippen LogP contribution is -2.28. The van der Waals surface area contributed by atoms with Crippen LogP contribution in [0.4, 0.5) is 4.39 Å². The van der Waals surface area contributed by atoms with Crippen LogP contribution in [-0.2, 0) is 9.53 Å². The number of carboxylic acid groups (broad SMARTS) is 1. The molecule has 0 saturated heterocycles. The second-order valence-corrected chi connectivity index (χ2v) is 8.52. The van der Waals surface area contributed by atoms with Crippen molar-refractivity contribution in [3.8, 4) is 11.1 Å². The summed E-state index contributed by atoms with van der Waals surface area (Å²) in [5.41, 5.74) is 2.41. The van der Waals surface area contributed by atoms with Gasteiger partial charge in [-0.05, 0) is 65.0 Å². The molecule has 0 amide bonds. The third kappa shape index (κ3) is 4.41. The molecule has 0 bridgehead atoms. The number of fused-ring (bicyclic) bond motifs is 1. The minimum absolute atomic E-state index is 0.259. The van der Waals surface area contributed by atoms with Gasteiger partial charge in [0.15, 0.2) is 6.10 Å². The van der Waals surface area contributed by atoms with E-state index < -0.39 is 23.5 Å². The van der Waals surface area contributed by atoms with Gasteiger partial charge in [0.05, 0.1) is 11.1 Å². The second-order valence-electron chi connectivity index (χ2n) is 8.08. The number of ether oxygens (including phenoxy) is 1. The number of aromatic nitrogens is 1. The lowest BCUT2D eigenvalue weighted by Gasteiger charge is -2.28. The zero-order valence-corrected chi connectivity index (χ0v) is 17.8. The van der Waals surface area contributed by atoms with Gasteiger partial charge in [-0.1, -0.05) is 23.2 Å². The van der Waals surface area contributed by atoms with Gasteiger partial charge in [-0.2, -0.15) is 0 Å². The summed E-state index contributed by atoms with van der Waals surface area (Å²) in [6, 6.07) is 10.0. The van der Waals surface area contributed by atoms with Crippen molar-refractivity contribution in [2.45, 2.75) is 46.3 Å². The van der Waals surface area contributed by atoms with Crippen molar-refractivity contribution in [1.82, 2.24) is 4.98 Å². The van der Waals surface area contributed by atoms with Gasteiger partial charge < -0.3 is 9.84 Å². The first-order valence-corrected chi connectivity index (χ1v) is 9.62. The summed E-state index contributed by atoms with van der Waals surface area (Å²) >= 11 is 5.95. The first-order valence-electron chi connectivity index (χ1n) is 9.25. The first kappa shape index (κ1) is 21.2. The summed E-state index contributed by atoms with van der Waals surface area (Å²) in [6.45, 7) is 8.97. The number of aryl methyl sites for hydroxylation is 2. The molecule has 3 rings (SSSR count). The smallest absolute Gasteiger partial charge is 0.337 e. The number of hydrogen-bond donors (Lipinski definition) is 1. The van der Waals surface area contributed by atoms with E-state index in [1.165, 1.54) is 6.07 Å². The van der Waals surface area contributed by atoms with Gasteiger partial charge in [-0.3, -0.25) is 4.98 Å². The van der Waals surface area contributed by atoms with Crippen LogP contribution in [0.25, 0.3) is 22.0 Å². The van der Waals surface area contributed by atoms with Gasteiger partial charge in [-0.15, -0.1) is 0 Å². The van der Waals surface area contributed by atoms with Crippen LogP contribution in [0, 0.1) is 19.7 Å². The van der Waals surface area contributed by atoms with E-state index in [0.29, 0.717) is 27.7 Å². The Hall–Kier alpha value is -2.50. The van der Waals surface area contributed by atoms with Crippen LogP contribution in [0.3, 0.4) is 0 Å². The molecule has 6 heteroatoms. The molecule has 1 N–H and O–H groups in total. The molecule has 152 valence electrons. The lowest BCUT2D eigenvalue weighted by atomic mass is 9.90. The van der Waals surface area contributed by atoms with E-state index in [0.717, 1.165) is 5.56 Å². The van der Waals surface area contributed by atoms with Crippen LogP contribution < -0.4 is 0 Å². The number of carboxylic acids is 1. The van der Waals surface area contributed by atoms with Crippen molar-refractivity contribution in [3.05, 3.63) is 64.1 Å². The Bertz CT molecular complexity index is 1110. The maximum atomic E-state index is 15.0. The van der Waals surface area contributed by atoms with Crippen LogP contribution in [0.2, 0.25) is 5.02 Å². The number of pyridine rings is 1. The molecule has 0 fully saturated rings. The molecule has 0 unspecified atom stereocenters. The van der Waals surface area contributed by atoms with E-state index in [4.69, 9.17) is 16.3 Å². The zero-order chi connectivity index (χ0) is 21.5. The maximum Gasteiger partial charge on any atom is 0.337 e. The van der Waals surface area contributed by atoms with E-state index in [1.807, 2.05) is 25.1 Å². The molecule has 0 aliphatic carbocycles. The highest BCUT2D eigenvalue weighted by Crippen LogP contribution is 2.40. The average molecular weight is 416 g/mol. The van der Waals surface area contributed by atoms with Crippen molar-refractivity contribution in [2.24, 2.45) is 0 Å². The minimum Gasteiger partial charge on any atom is -0.479 e. The molecule has 4 nitrogen and oxygen atoms in total. The van der Waals surface area contributed by atoms with Gasteiger partial charge in [0, 0.05) is 32.8 Å². The van der Waals surface area contributed by atoms with Crippen molar-refractivity contribution in [3.63, 3.8) is 0 Å². The molecule has 2 aromatic carbocycles. The molecule has 1 atom stereocenters. The third-order valence-electron chi connectivity index (χ3n) is 4.53. The highest BCUT2D eigenvalue weighted by Gasteiger charge is 2.32. The SMILES string of the molecule is Cc1ccc2nc(C)c([C@H](OC(C)(C)C)C(=O)O)c(-c3ccc(Cl)cc3F)c2c1.